The van der Waals surface area contributed by atoms with Crippen LogP contribution in [0.2, 0.25) is 0 Å². The first-order valence-corrected chi connectivity index (χ1v) is 8.44. The third kappa shape index (κ3) is 3.52. The molecule has 3 aromatic rings. The standard InChI is InChI=1S/C17H11Br2FN2O2/c18-9-1-3-11(12(19)7-9)15-5-6-16(24-15)17(23)22-14-8-10(21)2-4-13(14)20/h1-8H,21H2,(H,22,23). The number of hydrogen-bond acceptors (Lipinski definition) is 3. The lowest BCUT2D eigenvalue weighted by Gasteiger charge is -2.06. The predicted octanol–water partition coefficient (Wildman–Crippen LogP) is 5.45. The van der Waals surface area contributed by atoms with Gasteiger partial charge in [-0.3, -0.25) is 4.79 Å². The molecule has 3 N–H and O–H groups in total. The maximum Gasteiger partial charge on any atom is 0.291 e. The second-order valence-corrected chi connectivity index (χ2v) is 6.75. The van der Waals surface area contributed by atoms with Gasteiger partial charge in [0, 0.05) is 20.2 Å². The van der Waals surface area contributed by atoms with E-state index in [4.69, 9.17) is 10.2 Å². The van der Waals surface area contributed by atoms with Crippen LogP contribution >= 0.6 is 31.9 Å². The van der Waals surface area contributed by atoms with Gasteiger partial charge >= 0.3 is 0 Å². The number of amides is 1. The van der Waals surface area contributed by atoms with Gasteiger partial charge in [0.1, 0.15) is 11.6 Å². The van der Waals surface area contributed by atoms with Crippen molar-refractivity contribution in [1.82, 2.24) is 0 Å². The Balaban J connectivity index is 1.85. The Bertz CT molecular complexity index is 925. The molecule has 4 nitrogen and oxygen atoms in total. The average Bonchev–Trinajstić information content (AvgIpc) is 3.00. The lowest BCUT2D eigenvalue weighted by atomic mass is 10.2. The largest absolute Gasteiger partial charge is 0.451 e. The summed E-state index contributed by atoms with van der Waals surface area (Å²) in [4.78, 5) is 12.2. The first-order chi connectivity index (χ1) is 11.4. The van der Waals surface area contributed by atoms with Crippen molar-refractivity contribution in [3.05, 3.63) is 69.1 Å². The van der Waals surface area contributed by atoms with Crippen molar-refractivity contribution in [2.45, 2.75) is 0 Å². The van der Waals surface area contributed by atoms with E-state index in [1.54, 1.807) is 6.07 Å². The highest BCUT2D eigenvalue weighted by Crippen LogP contribution is 2.32. The highest BCUT2D eigenvalue weighted by molar-refractivity contribution is 9.11. The Labute approximate surface area is 154 Å². The van der Waals surface area contributed by atoms with Crippen molar-refractivity contribution >= 4 is 49.1 Å². The molecule has 0 saturated heterocycles. The molecule has 1 aromatic heterocycles. The van der Waals surface area contributed by atoms with Crippen LogP contribution in [-0.4, -0.2) is 5.91 Å². The SMILES string of the molecule is Nc1ccc(F)c(NC(=O)c2ccc(-c3ccc(Br)cc3Br)o2)c1. The van der Waals surface area contributed by atoms with Crippen LogP contribution in [0, 0.1) is 5.82 Å². The first-order valence-electron chi connectivity index (χ1n) is 6.85. The molecule has 0 spiro atoms. The first kappa shape index (κ1) is 16.7. The van der Waals surface area contributed by atoms with E-state index in [2.05, 4.69) is 37.2 Å². The number of benzene rings is 2. The van der Waals surface area contributed by atoms with Crippen LogP contribution in [0.25, 0.3) is 11.3 Å². The molecule has 24 heavy (non-hydrogen) atoms. The zero-order valence-electron chi connectivity index (χ0n) is 12.1. The molecule has 3 rings (SSSR count). The molecule has 0 aliphatic heterocycles. The van der Waals surface area contributed by atoms with Crippen molar-refractivity contribution in [2.75, 3.05) is 11.1 Å². The fraction of sp³-hybridized carbons (Fsp3) is 0. The van der Waals surface area contributed by atoms with Gasteiger partial charge in [0.15, 0.2) is 5.76 Å². The average molecular weight is 454 g/mol. The quantitative estimate of drug-likeness (QED) is 0.518. The normalized spacial score (nSPS) is 10.6. The summed E-state index contributed by atoms with van der Waals surface area (Å²) < 4.78 is 21.0. The topological polar surface area (TPSA) is 68.3 Å². The van der Waals surface area contributed by atoms with E-state index in [0.29, 0.717) is 11.4 Å². The number of carbonyl (C=O) groups is 1. The number of furan rings is 1. The number of nitrogen functional groups attached to an aromatic ring is 1. The van der Waals surface area contributed by atoms with Crippen molar-refractivity contribution in [3.8, 4) is 11.3 Å². The number of halogens is 3. The number of carbonyl (C=O) groups excluding carboxylic acids is 1. The molecule has 0 fully saturated rings. The summed E-state index contributed by atoms with van der Waals surface area (Å²) in [5.41, 5.74) is 6.75. The van der Waals surface area contributed by atoms with E-state index >= 15 is 0 Å². The fourth-order valence-corrected chi connectivity index (χ4v) is 3.36. The maximum atomic E-state index is 13.7. The van der Waals surface area contributed by atoms with Crippen LogP contribution in [0.15, 0.2) is 61.9 Å². The minimum Gasteiger partial charge on any atom is -0.451 e. The van der Waals surface area contributed by atoms with Crippen LogP contribution in [0.4, 0.5) is 15.8 Å². The number of anilines is 2. The van der Waals surface area contributed by atoms with Crippen molar-refractivity contribution in [1.29, 1.82) is 0 Å². The van der Waals surface area contributed by atoms with Gasteiger partial charge in [-0.2, -0.15) is 0 Å². The number of nitrogens with one attached hydrogen (secondary N) is 1. The second-order valence-electron chi connectivity index (χ2n) is 4.98. The van der Waals surface area contributed by atoms with Crippen LogP contribution in [0.5, 0.6) is 0 Å². The number of hydrogen-bond donors (Lipinski definition) is 2. The third-order valence-electron chi connectivity index (χ3n) is 3.26. The van der Waals surface area contributed by atoms with Crippen molar-refractivity contribution in [2.24, 2.45) is 0 Å². The van der Waals surface area contributed by atoms with Crippen molar-refractivity contribution in [3.63, 3.8) is 0 Å². The van der Waals surface area contributed by atoms with E-state index in [0.717, 1.165) is 14.5 Å². The van der Waals surface area contributed by atoms with Gasteiger partial charge < -0.3 is 15.5 Å². The molecular weight excluding hydrogens is 443 g/mol. The molecule has 0 saturated carbocycles. The molecule has 122 valence electrons. The van der Waals surface area contributed by atoms with Gasteiger partial charge in [0.2, 0.25) is 0 Å². The summed E-state index contributed by atoms with van der Waals surface area (Å²) in [5, 5.41) is 2.45. The van der Waals surface area contributed by atoms with E-state index in [1.807, 2.05) is 18.2 Å². The summed E-state index contributed by atoms with van der Waals surface area (Å²) in [6.45, 7) is 0. The molecule has 0 bridgehead atoms. The molecule has 0 atom stereocenters. The van der Waals surface area contributed by atoms with E-state index in [1.165, 1.54) is 24.3 Å². The van der Waals surface area contributed by atoms with E-state index in [-0.39, 0.29) is 11.4 Å². The Morgan fingerprint density at radius 2 is 1.88 bits per heavy atom. The lowest BCUT2D eigenvalue weighted by molar-refractivity contribution is 0.0997. The van der Waals surface area contributed by atoms with Crippen molar-refractivity contribution < 1.29 is 13.6 Å². The smallest absolute Gasteiger partial charge is 0.291 e. The Hall–Kier alpha value is -2.12. The Morgan fingerprint density at radius 3 is 2.62 bits per heavy atom. The molecule has 0 aliphatic carbocycles. The van der Waals surface area contributed by atoms with Crippen LogP contribution in [-0.2, 0) is 0 Å². The zero-order valence-corrected chi connectivity index (χ0v) is 15.3. The van der Waals surface area contributed by atoms with Crippen LogP contribution in [0.1, 0.15) is 10.6 Å². The number of rotatable bonds is 3. The van der Waals surface area contributed by atoms with E-state index in [9.17, 15) is 9.18 Å². The molecule has 7 heteroatoms. The third-order valence-corrected chi connectivity index (χ3v) is 4.41. The highest BCUT2D eigenvalue weighted by atomic mass is 79.9. The lowest BCUT2D eigenvalue weighted by Crippen LogP contribution is -2.12. The van der Waals surface area contributed by atoms with Crippen LogP contribution in [0.3, 0.4) is 0 Å². The van der Waals surface area contributed by atoms with Gasteiger partial charge in [0.05, 0.1) is 5.69 Å². The summed E-state index contributed by atoms with van der Waals surface area (Å²) in [6.07, 6.45) is 0. The summed E-state index contributed by atoms with van der Waals surface area (Å²) in [5.74, 6) is -0.534. The highest BCUT2D eigenvalue weighted by Gasteiger charge is 2.15. The summed E-state index contributed by atoms with van der Waals surface area (Å²) in [7, 11) is 0. The Kier molecular flexibility index (Phi) is 4.73. The fourth-order valence-electron chi connectivity index (χ4n) is 2.12. The summed E-state index contributed by atoms with van der Waals surface area (Å²) >= 11 is 6.82. The van der Waals surface area contributed by atoms with Gasteiger partial charge in [-0.1, -0.05) is 15.9 Å². The van der Waals surface area contributed by atoms with Gasteiger partial charge in [-0.05, 0) is 64.5 Å². The molecule has 1 amide bonds. The predicted molar refractivity (Wildman–Crippen MR) is 98.3 cm³/mol. The molecule has 0 aliphatic rings. The Morgan fingerprint density at radius 1 is 1.08 bits per heavy atom. The minimum atomic E-state index is -0.569. The molecule has 2 aromatic carbocycles. The molecule has 0 radical (unpaired) electrons. The molecule has 1 heterocycles. The molecule has 0 unspecified atom stereocenters. The minimum absolute atomic E-state index is 0.00257. The van der Waals surface area contributed by atoms with Gasteiger partial charge in [-0.15, -0.1) is 0 Å². The summed E-state index contributed by atoms with van der Waals surface area (Å²) in [6, 6.07) is 12.8. The second kappa shape index (κ2) is 6.78. The van der Waals surface area contributed by atoms with Gasteiger partial charge in [-0.25, -0.2) is 4.39 Å². The number of nitrogens with two attached hydrogens (primary N) is 1. The van der Waals surface area contributed by atoms with E-state index < -0.39 is 11.7 Å². The van der Waals surface area contributed by atoms with Gasteiger partial charge in [0.25, 0.3) is 5.91 Å². The van der Waals surface area contributed by atoms with Crippen LogP contribution < -0.4 is 11.1 Å². The molecular formula is C17H11Br2FN2O2. The monoisotopic (exact) mass is 452 g/mol. The maximum absolute atomic E-state index is 13.7. The zero-order chi connectivity index (χ0) is 17.3.